The van der Waals surface area contributed by atoms with E-state index >= 15 is 0 Å². The van der Waals surface area contributed by atoms with Crippen LogP contribution in [0.25, 0.3) is 0 Å². The van der Waals surface area contributed by atoms with E-state index in [-0.39, 0.29) is 5.91 Å². The molecule has 3 atom stereocenters. The number of hydrogen-bond donors (Lipinski definition) is 1. The summed E-state index contributed by atoms with van der Waals surface area (Å²) in [6.45, 7) is 2.06. The Kier molecular flexibility index (Phi) is 3.84. The van der Waals surface area contributed by atoms with E-state index < -0.39 is 0 Å². The average Bonchev–Trinajstić information content (AvgIpc) is 3.20. The number of hydrogen-bond acceptors (Lipinski definition) is 4. The largest absolute Gasteiger partial charge is 0.352 e. The Bertz CT molecular complexity index is 604. The first-order valence-electron chi connectivity index (χ1n) is 8.47. The molecule has 2 saturated carbocycles. The topological polar surface area (TPSA) is 54.9 Å². The lowest BCUT2D eigenvalue weighted by Crippen LogP contribution is -2.39. The lowest BCUT2D eigenvalue weighted by atomic mass is 9.95. The molecule has 0 aromatic carbocycles. The van der Waals surface area contributed by atoms with Crippen LogP contribution in [-0.2, 0) is 17.6 Å². The van der Waals surface area contributed by atoms with Crippen molar-refractivity contribution >= 4 is 17.7 Å². The number of aryl methyl sites for hydroxylation is 2. The quantitative estimate of drug-likeness (QED) is 0.685. The van der Waals surface area contributed by atoms with E-state index in [4.69, 9.17) is 0 Å². The first-order valence-corrected chi connectivity index (χ1v) is 9.46. The molecule has 0 aliphatic heterocycles. The van der Waals surface area contributed by atoms with Gasteiger partial charge in [-0.15, -0.1) is 0 Å². The second-order valence-electron chi connectivity index (χ2n) is 7.01. The van der Waals surface area contributed by atoms with Crippen LogP contribution in [-0.4, -0.2) is 27.7 Å². The van der Waals surface area contributed by atoms with Gasteiger partial charge in [0, 0.05) is 17.4 Å². The van der Waals surface area contributed by atoms with Gasteiger partial charge in [-0.05, 0) is 62.8 Å². The molecule has 3 aliphatic carbocycles. The van der Waals surface area contributed by atoms with Crippen molar-refractivity contribution in [2.24, 2.45) is 11.8 Å². The van der Waals surface area contributed by atoms with Gasteiger partial charge < -0.3 is 5.32 Å². The maximum absolute atomic E-state index is 12.2. The molecule has 118 valence electrons. The number of carbonyl (C=O) groups is 1. The molecule has 0 radical (unpaired) electrons. The third kappa shape index (κ3) is 2.75. The van der Waals surface area contributed by atoms with Gasteiger partial charge in [-0.25, -0.2) is 9.97 Å². The minimum atomic E-state index is 0.143. The zero-order chi connectivity index (χ0) is 15.1. The maximum Gasteiger partial charge on any atom is 0.230 e. The van der Waals surface area contributed by atoms with Crippen molar-refractivity contribution in [3.63, 3.8) is 0 Å². The Balaban J connectivity index is 1.33. The summed E-state index contributed by atoms with van der Waals surface area (Å²) in [6.07, 6.45) is 8.54. The summed E-state index contributed by atoms with van der Waals surface area (Å²) in [5.74, 6) is 2.18. The van der Waals surface area contributed by atoms with Gasteiger partial charge in [0.05, 0.1) is 5.75 Å². The number of nitrogens with one attached hydrogen (secondary N) is 1. The molecule has 1 aromatic heterocycles. The molecular weight excluding hydrogens is 294 g/mol. The van der Waals surface area contributed by atoms with Gasteiger partial charge in [0.15, 0.2) is 5.16 Å². The van der Waals surface area contributed by atoms with Crippen molar-refractivity contribution in [1.29, 1.82) is 0 Å². The van der Waals surface area contributed by atoms with Crippen LogP contribution in [0.3, 0.4) is 0 Å². The van der Waals surface area contributed by atoms with Crippen molar-refractivity contribution in [2.45, 2.75) is 63.1 Å². The fourth-order valence-corrected chi connectivity index (χ4v) is 5.18. The Labute approximate surface area is 135 Å². The lowest BCUT2D eigenvalue weighted by Gasteiger charge is -2.22. The van der Waals surface area contributed by atoms with Gasteiger partial charge >= 0.3 is 0 Å². The highest BCUT2D eigenvalue weighted by Gasteiger charge is 2.40. The van der Waals surface area contributed by atoms with E-state index in [9.17, 15) is 4.79 Å². The smallest absolute Gasteiger partial charge is 0.230 e. The predicted molar refractivity (Wildman–Crippen MR) is 86.9 cm³/mol. The summed E-state index contributed by atoms with van der Waals surface area (Å²) in [5, 5.41) is 4.00. The SMILES string of the molecule is Cc1nc(SCC(=O)N[C@H]2C[C@H]3CC[C@H]2C3)nc2c1CCC2. The van der Waals surface area contributed by atoms with E-state index in [0.29, 0.717) is 11.8 Å². The van der Waals surface area contributed by atoms with Gasteiger partial charge in [-0.3, -0.25) is 4.79 Å². The van der Waals surface area contributed by atoms with Crippen LogP contribution in [0.4, 0.5) is 0 Å². The minimum absolute atomic E-state index is 0.143. The zero-order valence-corrected chi connectivity index (χ0v) is 13.9. The third-order valence-corrected chi connectivity index (χ3v) is 6.38. The highest BCUT2D eigenvalue weighted by atomic mass is 32.2. The predicted octanol–water partition coefficient (Wildman–Crippen LogP) is 2.67. The molecule has 0 spiro atoms. The average molecular weight is 317 g/mol. The molecule has 4 nitrogen and oxygen atoms in total. The molecular formula is C17H23N3OS. The number of amides is 1. The van der Waals surface area contributed by atoms with Crippen LogP contribution >= 0.6 is 11.8 Å². The van der Waals surface area contributed by atoms with Crippen LogP contribution in [0.2, 0.25) is 0 Å². The number of thioether (sulfide) groups is 1. The number of aromatic nitrogens is 2. The fourth-order valence-electron chi connectivity index (χ4n) is 4.46. The Morgan fingerprint density at radius 1 is 1.27 bits per heavy atom. The first-order chi connectivity index (χ1) is 10.7. The van der Waals surface area contributed by atoms with E-state index in [1.807, 2.05) is 0 Å². The fraction of sp³-hybridized carbons (Fsp3) is 0.706. The number of nitrogens with zero attached hydrogens (tertiary/aromatic N) is 2. The highest BCUT2D eigenvalue weighted by Crippen LogP contribution is 2.44. The molecule has 4 rings (SSSR count). The summed E-state index contributed by atoms with van der Waals surface area (Å²) >= 11 is 1.48. The van der Waals surface area contributed by atoms with Crippen molar-refractivity contribution < 1.29 is 4.79 Å². The Morgan fingerprint density at radius 2 is 2.18 bits per heavy atom. The van der Waals surface area contributed by atoms with Gasteiger partial charge in [0.2, 0.25) is 5.91 Å². The maximum atomic E-state index is 12.2. The summed E-state index contributed by atoms with van der Waals surface area (Å²) in [5.41, 5.74) is 3.62. The minimum Gasteiger partial charge on any atom is -0.352 e. The van der Waals surface area contributed by atoms with E-state index in [1.165, 1.54) is 55.1 Å². The van der Waals surface area contributed by atoms with Crippen molar-refractivity contribution in [2.75, 3.05) is 5.75 Å². The summed E-state index contributed by atoms with van der Waals surface area (Å²) in [7, 11) is 0. The molecule has 3 aliphatic rings. The van der Waals surface area contributed by atoms with E-state index in [1.54, 1.807) is 0 Å². The number of fused-ring (bicyclic) bond motifs is 3. The monoisotopic (exact) mass is 317 g/mol. The number of rotatable bonds is 4. The van der Waals surface area contributed by atoms with E-state index in [2.05, 4.69) is 22.2 Å². The molecule has 0 unspecified atom stereocenters. The normalized spacial score (nSPS) is 28.9. The molecule has 1 heterocycles. The standard InChI is InChI=1S/C17H23N3OS/c1-10-13-3-2-4-14(13)20-17(18-10)22-9-16(21)19-15-8-11-5-6-12(15)7-11/h11-12,15H,2-9H2,1H3,(H,19,21)/t11-,12-,15-/m0/s1. The van der Waals surface area contributed by atoms with Crippen molar-refractivity contribution in [3.8, 4) is 0 Å². The van der Waals surface area contributed by atoms with Crippen LogP contribution in [0.1, 0.15) is 49.1 Å². The molecule has 5 heteroatoms. The molecule has 1 N–H and O–H groups in total. The van der Waals surface area contributed by atoms with Crippen LogP contribution in [0, 0.1) is 18.8 Å². The van der Waals surface area contributed by atoms with E-state index in [0.717, 1.165) is 35.5 Å². The molecule has 0 saturated heterocycles. The van der Waals surface area contributed by atoms with Crippen LogP contribution in [0.5, 0.6) is 0 Å². The lowest BCUT2D eigenvalue weighted by molar-refractivity contribution is -0.119. The third-order valence-electron chi connectivity index (χ3n) is 5.54. The Morgan fingerprint density at radius 3 is 2.95 bits per heavy atom. The zero-order valence-electron chi connectivity index (χ0n) is 13.1. The molecule has 2 bridgehead atoms. The second-order valence-corrected chi connectivity index (χ2v) is 7.95. The molecule has 22 heavy (non-hydrogen) atoms. The van der Waals surface area contributed by atoms with Crippen LogP contribution < -0.4 is 5.32 Å². The highest BCUT2D eigenvalue weighted by molar-refractivity contribution is 7.99. The van der Waals surface area contributed by atoms with Gasteiger partial charge in [0.1, 0.15) is 0 Å². The second kappa shape index (κ2) is 5.84. The van der Waals surface area contributed by atoms with Gasteiger partial charge in [0.25, 0.3) is 0 Å². The van der Waals surface area contributed by atoms with Crippen molar-refractivity contribution in [3.05, 3.63) is 17.0 Å². The first kappa shape index (κ1) is 14.5. The molecule has 1 amide bonds. The number of carbonyl (C=O) groups excluding carboxylic acids is 1. The van der Waals surface area contributed by atoms with Gasteiger partial charge in [-0.2, -0.15) is 0 Å². The Hall–Kier alpha value is -1.10. The van der Waals surface area contributed by atoms with Crippen molar-refractivity contribution in [1.82, 2.24) is 15.3 Å². The van der Waals surface area contributed by atoms with Gasteiger partial charge in [-0.1, -0.05) is 18.2 Å². The summed E-state index contributed by atoms with van der Waals surface area (Å²) < 4.78 is 0. The van der Waals surface area contributed by atoms with Crippen LogP contribution in [0.15, 0.2) is 5.16 Å². The molecule has 1 aromatic rings. The summed E-state index contributed by atoms with van der Waals surface area (Å²) in [4.78, 5) is 21.4. The molecule has 2 fully saturated rings. The summed E-state index contributed by atoms with van der Waals surface area (Å²) in [6, 6.07) is 0.425.